The van der Waals surface area contributed by atoms with E-state index in [4.69, 9.17) is 14.2 Å². The normalized spacial score (nSPS) is 17.9. The third kappa shape index (κ3) is 4.61. The van der Waals surface area contributed by atoms with Crippen molar-refractivity contribution in [3.05, 3.63) is 66.2 Å². The van der Waals surface area contributed by atoms with Crippen LogP contribution < -0.4 is 19.5 Å². The lowest BCUT2D eigenvalue weighted by Crippen LogP contribution is -2.45. The first-order valence-corrected chi connectivity index (χ1v) is 10.7. The first-order valence-electron chi connectivity index (χ1n) is 10.7. The van der Waals surface area contributed by atoms with E-state index in [1.807, 2.05) is 75.4 Å². The SMILES string of the molecule is CC[C@H](Oc1ccc2ccccc2c1)C(=O)N[C@H]1CC(C)(C)Oc2ccc(OC)cc21. The van der Waals surface area contributed by atoms with E-state index in [1.54, 1.807) is 7.11 Å². The molecule has 0 radical (unpaired) electrons. The molecule has 1 N–H and O–H groups in total. The third-order valence-electron chi connectivity index (χ3n) is 5.65. The van der Waals surface area contributed by atoms with Crippen molar-refractivity contribution in [3.63, 3.8) is 0 Å². The summed E-state index contributed by atoms with van der Waals surface area (Å²) in [6, 6.07) is 19.5. The molecule has 31 heavy (non-hydrogen) atoms. The van der Waals surface area contributed by atoms with Crippen molar-refractivity contribution >= 4 is 16.7 Å². The molecule has 0 spiro atoms. The lowest BCUT2D eigenvalue weighted by atomic mass is 9.89. The van der Waals surface area contributed by atoms with Gasteiger partial charge < -0.3 is 19.5 Å². The largest absolute Gasteiger partial charge is 0.497 e. The van der Waals surface area contributed by atoms with Gasteiger partial charge in [0.1, 0.15) is 22.8 Å². The fourth-order valence-electron chi connectivity index (χ4n) is 4.08. The molecule has 0 aliphatic carbocycles. The van der Waals surface area contributed by atoms with Gasteiger partial charge in [0.05, 0.1) is 13.2 Å². The molecule has 2 atom stereocenters. The van der Waals surface area contributed by atoms with Gasteiger partial charge in [0, 0.05) is 12.0 Å². The van der Waals surface area contributed by atoms with Crippen molar-refractivity contribution in [2.45, 2.75) is 51.4 Å². The zero-order chi connectivity index (χ0) is 22.0. The molecule has 0 fully saturated rings. The van der Waals surface area contributed by atoms with Gasteiger partial charge in [0.25, 0.3) is 5.91 Å². The Morgan fingerprint density at radius 2 is 1.84 bits per heavy atom. The predicted octanol–water partition coefficient (Wildman–Crippen LogP) is 5.42. The standard InChI is InChI=1S/C26H29NO4/c1-5-23(30-20-11-10-17-8-6-7-9-18(17)14-20)25(28)27-22-16-26(2,3)31-24-13-12-19(29-4)15-21(22)24/h6-15,22-23H,5,16H2,1-4H3,(H,27,28)/t22-,23-/m0/s1. The lowest BCUT2D eigenvalue weighted by Gasteiger charge is -2.38. The highest BCUT2D eigenvalue weighted by Crippen LogP contribution is 2.41. The van der Waals surface area contributed by atoms with Crippen molar-refractivity contribution < 1.29 is 19.0 Å². The number of hydrogen-bond donors (Lipinski definition) is 1. The summed E-state index contributed by atoms with van der Waals surface area (Å²) >= 11 is 0. The van der Waals surface area contributed by atoms with E-state index < -0.39 is 6.10 Å². The molecule has 3 aromatic carbocycles. The molecule has 162 valence electrons. The molecule has 5 nitrogen and oxygen atoms in total. The van der Waals surface area contributed by atoms with E-state index in [-0.39, 0.29) is 17.6 Å². The van der Waals surface area contributed by atoms with Crippen molar-refractivity contribution in [1.29, 1.82) is 0 Å². The Morgan fingerprint density at radius 1 is 1.10 bits per heavy atom. The average molecular weight is 420 g/mol. The Bertz CT molecular complexity index is 1090. The fraction of sp³-hybridized carbons (Fsp3) is 0.346. The molecule has 0 saturated heterocycles. The molecule has 0 saturated carbocycles. The van der Waals surface area contributed by atoms with E-state index in [0.717, 1.165) is 27.8 Å². The summed E-state index contributed by atoms with van der Waals surface area (Å²) in [5.74, 6) is 2.06. The number of nitrogens with one attached hydrogen (secondary N) is 1. The van der Waals surface area contributed by atoms with E-state index in [0.29, 0.717) is 18.6 Å². The van der Waals surface area contributed by atoms with Crippen LogP contribution in [0.15, 0.2) is 60.7 Å². The molecular weight excluding hydrogens is 390 g/mol. The van der Waals surface area contributed by atoms with E-state index in [1.165, 1.54) is 0 Å². The van der Waals surface area contributed by atoms with Crippen molar-refractivity contribution in [1.82, 2.24) is 5.32 Å². The number of carbonyl (C=O) groups excluding carboxylic acids is 1. The minimum atomic E-state index is -0.582. The second-order valence-electron chi connectivity index (χ2n) is 8.55. The van der Waals surface area contributed by atoms with E-state index >= 15 is 0 Å². The van der Waals surface area contributed by atoms with Crippen LogP contribution in [-0.2, 0) is 4.79 Å². The number of hydrogen-bond acceptors (Lipinski definition) is 4. The van der Waals surface area contributed by atoms with E-state index in [9.17, 15) is 4.79 Å². The summed E-state index contributed by atoms with van der Waals surface area (Å²) in [6.07, 6.45) is 0.642. The maximum absolute atomic E-state index is 13.2. The van der Waals surface area contributed by atoms with Crippen LogP contribution in [0.5, 0.6) is 17.2 Å². The zero-order valence-electron chi connectivity index (χ0n) is 18.5. The van der Waals surface area contributed by atoms with Crippen molar-refractivity contribution in [3.8, 4) is 17.2 Å². The molecule has 1 amide bonds. The highest BCUT2D eigenvalue weighted by Gasteiger charge is 2.36. The molecule has 1 aliphatic heterocycles. The van der Waals surface area contributed by atoms with Gasteiger partial charge in [-0.3, -0.25) is 4.79 Å². The number of amides is 1. The molecule has 4 rings (SSSR count). The highest BCUT2D eigenvalue weighted by molar-refractivity contribution is 5.84. The van der Waals surface area contributed by atoms with Crippen LogP contribution in [0.2, 0.25) is 0 Å². The third-order valence-corrected chi connectivity index (χ3v) is 5.65. The minimum absolute atomic E-state index is 0.132. The zero-order valence-corrected chi connectivity index (χ0v) is 18.5. The van der Waals surface area contributed by atoms with Crippen LogP contribution in [0.3, 0.4) is 0 Å². The summed E-state index contributed by atoms with van der Waals surface area (Å²) in [5, 5.41) is 5.42. The molecule has 3 aromatic rings. The summed E-state index contributed by atoms with van der Waals surface area (Å²) in [5.41, 5.74) is 0.535. The van der Waals surface area contributed by atoms with Crippen LogP contribution in [0.4, 0.5) is 0 Å². The topological polar surface area (TPSA) is 56.8 Å². The Kier molecular flexibility index (Phi) is 5.77. The Hall–Kier alpha value is -3.21. The number of rotatable bonds is 6. The van der Waals surface area contributed by atoms with Gasteiger partial charge in [0.2, 0.25) is 0 Å². The first-order chi connectivity index (χ1) is 14.9. The monoisotopic (exact) mass is 419 g/mol. The van der Waals surface area contributed by atoms with Crippen LogP contribution in [0.1, 0.15) is 45.2 Å². The van der Waals surface area contributed by atoms with Gasteiger partial charge in [0.15, 0.2) is 6.10 Å². The number of benzene rings is 3. The first kappa shape index (κ1) is 21.0. The molecule has 5 heteroatoms. The van der Waals surface area contributed by atoms with Gasteiger partial charge in [-0.05, 0) is 61.4 Å². The molecule has 1 heterocycles. The quantitative estimate of drug-likeness (QED) is 0.579. The highest BCUT2D eigenvalue weighted by atomic mass is 16.5. The van der Waals surface area contributed by atoms with Crippen LogP contribution >= 0.6 is 0 Å². The predicted molar refractivity (Wildman–Crippen MR) is 122 cm³/mol. The maximum Gasteiger partial charge on any atom is 0.261 e. The summed E-state index contributed by atoms with van der Waals surface area (Å²) < 4.78 is 17.6. The Labute approximate surface area is 183 Å². The van der Waals surface area contributed by atoms with Gasteiger partial charge in [-0.15, -0.1) is 0 Å². The molecule has 0 bridgehead atoms. The van der Waals surface area contributed by atoms with Crippen molar-refractivity contribution in [2.75, 3.05) is 7.11 Å². The van der Waals surface area contributed by atoms with Gasteiger partial charge >= 0.3 is 0 Å². The van der Waals surface area contributed by atoms with Crippen LogP contribution in [0.25, 0.3) is 10.8 Å². The average Bonchev–Trinajstić information content (AvgIpc) is 2.76. The summed E-state index contributed by atoms with van der Waals surface area (Å²) in [4.78, 5) is 13.2. The van der Waals surface area contributed by atoms with Gasteiger partial charge in [-0.25, -0.2) is 0 Å². The van der Waals surface area contributed by atoms with E-state index in [2.05, 4.69) is 11.4 Å². The number of fused-ring (bicyclic) bond motifs is 2. The smallest absolute Gasteiger partial charge is 0.261 e. The number of ether oxygens (including phenoxy) is 3. The number of carbonyl (C=O) groups is 1. The fourth-order valence-corrected chi connectivity index (χ4v) is 4.08. The molecular formula is C26H29NO4. The van der Waals surface area contributed by atoms with Gasteiger partial charge in [-0.1, -0.05) is 37.3 Å². The molecule has 0 unspecified atom stereocenters. The number of methoxy groups -OCH3 is 1. The van der Waals surface area contributed by atoms with Gasteiger partial charge in [-0.2, -0.15) is 0 Å². The van der Waals surface area contributed by atoms with Crippen molar-refractivity contribution in [2.24, 2.45) is 0 Å². The second kappa shape index (κ2) is 8.50. The summed E-state index contributed by atoms with van der Waals surface area (Å²) in [6.45, 7) is 6.01. The summed E-state index contributed by atoms with van der Waals surface area (Å²) in [7, 11) is 1.63. The maximum atomic E-state index is 13.2. The van der Waals surface area contributed by atoms with Crippen LogP contribution in [0, 0.1) is 0 Å². The lowest BCUT2D eigenvalue weighted by molar-refractivity contribution is -0.129. The minimum Gasteiger partial charge on any atom is -0.497 e. The van der Waals surface area contributed by atoms with Crippen LogP contribution in [-0.4, -0.2) is 24.7 Å². The Morgan fingerprint density at radius 3 is 2.58 bits per heavy atom. The molecule has 1 aliphatic rings. The Balaban J connectivity index is 1.54. The molecule has 0 aromatic heterocycles. The second-order valence-corrected chi connectivity index (χ2v) is 8.55.